The Morgan fingerprint density at radius 1 is 0.853 bits per heavy atom. The molecule has 19 unspecified atom stereocenters. The highest BCUT2D eigenvalue weighted by Crippen LogP contribution is 2.49. The van der Waals surface area contributed by atoms with Gasteiger partial charge in [0.1, 0.15) is 55.3 Å². The van der Waals surface area contributed by atoms with Crippen molar-refractivity contribution in [3.8, 4) is 40.9 Å². The maximum absolute atomic E-state index is 14.6. The minimum Gasteiger partial charge on any atom is -0.492 e. The van der Waals surface area contributed by atoms with Crippen LogP contribution in [0.2, 0.25) is 0 Å². The molecule has 2 aromatic carbocycles. The summed E-state index contributed by atoms with van der Waals surface area (Å²) in [5, 5.41) is 68.4. The minimum atomic E-state index is -1.81. The SMILES string of the molecule is CC#C/C=C\C#C[C@H](OC1OC(C)C(NOC2CC(O)C(SC(=O)c3c(C)c(I)c(OC4OC(C)C(O)C(OC)C4O)c(OC)c3OC)C(C)O2)C(O)C1OC1CC(OC)C(N(CC)C(=O)OCc2ccc(NC(=O)[C@H](CCCNC(N)=O)NC(=O)[C@@H](N)C(C)C)cc2)CO1)C1/C(=C\CSSC(C)C)[C@@](C)(O)CC(=O)C1NC(=O)OC. The van der Waals surface area contributed by atoms with E-state index >= 15 is 0 Å². The molecular formula is C78H113IN8O26S3. The molecule has 5 aliphatic rings. The van der Waals surface area contributed by atoms with Gasteiger partial charge in [-0.25, -0.2) is 14.4 Å². The van der Waals surface area contributed by atoms with Gasteiger partial charge in [-0.15, -0.1) is 5.92 Å². The molecule has 6 amide bonds. The zero-order valence-electron chi connectivity index (χ0n) is 68.0. The second-order valence-electron chi connectivity index (χ2n) is 29.1. The van der Waals surface area contributed by atoms with E-state index < -0.39 is 187 Å². The number of allylic oxidation sites excluding steroid dienone is 2. The zero-order chi connectivity index (χ0) is 85.6. The van der Waals surface area contributed by atoms with Crippen LogP contribution < -0.4 is 52.4 Å². The second-order valence-corrected chi connectivity index (χ2v) is 34.3. The summed E-state index contributed by atoms with van der Waals surface area (Å²) in [5.41, 5.74) is 14.1. The molecule has 4 saturated heterocycles. The Morgan fingerprint density at radius 2 is 1.54 bits per heavy atom. The van der Waals surface area contributed by atoms with Gasteiger partial charge in [0.2, 0.25) is 29.0 Å². The number of methoxy groups -OCH3 is 5. The highest BCUT2D eigenvalue weighted by atomic mass is 127. The number of hydrogen-bond acceptors (Lipinski definition) is 31. The van der Waals surface area contributed by atoms with Gasteiger partial charge in [0, 0.05) is 69.2 Å². The van der Waals surface area contributed by atoms with Gasteiger partial charge >= 0.3 is 18.2 Å². The van der Waals surface area contributed by atoms with Gasteiger partial charge in [-0.05, 0) is 131 Å². The lowest BCUT2D eigenvalue weighted by Gasteiger charge is -2.48. The van der Waals surface area contributed by atoms with Crippen LogP contribution in [-0.2, 0) is 73.2 Å². The standard InChI is InChI=1S/C78H113IN8O26S3/c1-17-19-20-21-22-25-51(56-46(30-32-114-116-39(5)6)78(11,99)35-50(89)60(56)85-76(97)104-16)110-74-67(111-53-34-52(100-12)48(37-105-53)87(18-2)77(98)106-36-44-26-28-45(29-27-44)83-70(93)47(24-23-31-82-75(81)96)84-71(94)58(80)38(3)4)62(91)59(41(8)108-74)86-113-54-33-49(88)69(43(10)107-54)115-72(95)55-40(7)57(79)65(68(103-15)64(55)101-13)112-73-63(92)66(102-14)61(90)42(9)109-73/h20-21,26-30,38-39,41-43,47-49,51-54,56,58-63,66-67,69,73-74,86,88,90-92,99H,18,23-24,31-37,80H2,1-16H3,(H,83,93)(H,84,94)(H,85,97)(H3,81,82,96)/b21-20-,46-30+/t41?,42?,43?,47-,48?,49?,51-,52?,53?,54?,56?,58-,59?,60?,61?,62?,63?,66?,67?,69?,73?,74?,78-/m0/s1. The second kappa shape index (κ2) is 45.9. The first-order chi connectivity index (χ1) is 55.1. The van der Waals surface area contributed by atoms with Crippen molar-refractivity contribution in [1.82, 2.24) is 26.3 Å². The van der Waals surface area contributed by atoms with Gasteiger partial charge in [0.25, 0.3) is 0 Å². The number of nitrogens with one attached hydrogen (secondary N) is 5. The molecule has 0 bridgehead atoms. The Hall–Kier alpha value is -6.33. The molecular weight excluding hydrogens is 1690 g/mol. The number of hydroxylamine groups is 1. The number of nitrogens with zero attached hydrogens (tertiary/aromatic N) is 1. The number of carbonyl (C=O) groups is 7. The van der Waals surface area contributed by atoms with Crippen LogP contribution in [0.4, 0.5) is 20.1 Å². The van der Waals surface area contributed by atoms with Crippen molar-refractivity contribution in [2.24, 2.45) is 23.3 Å². The van der Waals surface area contributed by atoms with Gasteiger partial charge in [0.05, 0.1) is 96.6 Å². The number of ketones is 1. The van der Waals surface area contributed by atoms with Gasteiger partial charge in [-0.3, -0.25) is 24.0 Å². The van der Waals surface area contributed by atoms with Crippen LogP contribution in [0, 0.1) is 46.0 Å². The monoisotopic (exact) mass is 1800 g/mol. The molecule has 646 valence electrons. The van der Waals surface area contributed by atoms with E-state index in [1.807, 2.05) is 36.4 Å². The predicted molar refractivity (Wildman–Crippen MR) is 438 cm³/mol. The largest absolute Gasteiger partial charge is 0.492 e. The minimum absolute atomic E-state index is 0.0000916. The third kappa shape index (κ3) is 25.6. The number of urea groups is 1. The molecule has 5 fully saturated rings. The van der Waals surface area contributed by atoms with Gasteiger partial charge in [-0.1, -0.05) is 97.0 Å². The average Bonchev–Trinajstić information content (AvgIpc) is 0.763. The van der Waals surface area contributed by atoms with Crippen molar-refractivity contribution in [2.45, 2.75) is 253 Å². The Balaban J connectivity index is 1.13. The van der Waals surface area contributed by atoms with Crippen molar-refractivity contribution in [2.75, 3.05) is 66.3 Å². The summed E-state index contributed by atoms with van der Waals surface area (Å²) >= 11 is 2.77. The fraction of sp³-hybridized carbons (Fsp3) is 0.654. The van der Waals surface area contributed by atoms with E-state index in [0.717, 1.165) is 18.9 Å². The zero-order valence-corrected chi connectivity index (χ0v) is 72.6. The molecule has 2 aromatic rings. The molecule has 4 aliphatic heterocycles. The molecule has 7 rings (SSSR count). The Morgan fingerprint density at radius 3 is 2.16 bits per heavy atom. The number of ether oxygens (including phenoxy) is 13. The maximum Gasteiger partial charge on any atom is 0.410 e. The van der Waals surface area contributed by atoms with Crippen molar-refractivity contribution < 1.29 is 126 Å². The normalized spacial score (nSPS) is 29.9. The van der Waals surface area contributed by atoms with Gasteiger partial charge < -0.3 is 125 Å². The highest BCUT2D eigenvalue weighted by Gasteiger charge is 2.55. The Labute approximate surface area is 702 Å². The first kappa shape index (κ1) is 96.8. The number of carbonyl (C=O) groups excluding carboxylic acids is 7. The number of primary amides is 1. The molecule has 14 N–H and O–H groups in total. The lowest BCUT2D eigenvalue weighted by Crippen LogP contribution is -2.66. The van der Waals surface area contributed by atoms with Crippen LogP contribution >= 0.6 is 55.9 Å². The Kier molecular flexibility index (Phi) is 38.3. The summed E-state index contributed by atoms with van der Waals surface area (Å²) in [6, 6.07) is 0.454. The third-order valence-electron chi connectivity index (χ3n) is 20.1. The molecule has 23 atom stereocenters. The van der Waals surface area contributed by atoms with E-state index in [2.05, 4.69) is 50.4 Å². The molecule has 0 spiro atoms. The number of thioether (sulfide) groups is 1. The van der Waals surface area contributed by atoms with E-state index in [1.54, 1.807) is 96.5 Å². The van der Waals surface area contributed by atoms with E-state index in [-0.39, 0.29) is 79.5 Å². The first-order valence-corrected chi connectivity index (χ1v) is 42.4. The number of hydrogen-bond donors (Lipinski definition) is 12. The number of amides is 6. The van der Waals surface area contributed by atoms with Crippen LogP contribution in [0.25, 0.3) is 0 Å². The molecule has 0 aromatic heterocycles. The fourth-order valence-corrected chi connectivity index (χ4v) is 17.5. The number of aliphatic hydroxyl groups is 5. The molecule has 1 saturated carbocycles. The van der Waals surface area contributed by atoms with Crippen molar-refractivity contribution >= 4 is 103 Å². The molecule has 4 heterocycles. The van der Waals surface area contributed by atoms with Crippen LogP contribution in [0.1, 0.15) is 123 Å². The van der Waals surface area contributed by atoms with Crippen LogP contribution in [0.3, 0.4) is 0 Å². The Bertz CT molecular complexity index is 3830. The number of alkyl carbamates (subject to hydrolysis) is 1. The molecule has 34 nitrogen and oxygen atoms in total. The molecule has 116 heavy (non-hydrogen) atoms. The van der Waals surface area contributed by atoms with E-state index in [1.165, 1.54) is 63.2 Å². The number of Topliss-reactive ketones (excluding diaryl/α,β-unsaturated/α-hetero) is 1. The summed E-state index contributed by atoms with van der Waals surface area (Å²) in [4.78, 5) is 102. The average molecular weight is 1800 g/mol. The number of rotatable bonds is 34. The number of benzene rings is 2. The number of nitrogens with two attached hydrogens (primary N) is 2. The lowest BCUT2D eigenvalue weighted by molar-refractivity contribution is -0.340. The number of halogens is 1. The third-order valence-corrected chi connectivity index (χ3v) is 25.6. The van der Waals surface area contributed by atoms with Gasteiger partial charge in [0.15, 0.2) is 36.2 Å². The van der Waals surface area contributed by atoms with Crippen molar-refractivity contribution in [1.29, 1.82) is 0 Å². The number of aliphatic hydroxyl groups excluding tert-OH is 4. The maximum atomic E-state index is 14.6. The van der Waals surface area contributed by atoms with Crippen molar-refractivity contribution in [3.63, 3.8) is 0 Å². The lowest BCUT2D eigenvalue weighted by atomic mass is 9.68. The smallest absolute Gasteiger partial charge is 0.410 e. The highest BCUT2D eigenvalue weighted by molar-refractivity contribution is 14.1. The summed E-state index contributed by atoms with van der Waals surface area (Å²) in [7, 11) is 9.69. The van der Waals surface area contributed by atoms with Crippen LogP contribution in [0.5, 0.6) is 17.2 Å². The fourth-order valence-electron chi connectivity index (χ4n) is 13.9. The van der Waals surface area contributed by atoms with Crippen LogP contribution in [0.15, 0.2) is 48.1 Å². The number of likely N-dealkylation sites (N-methyl/N-ethyl adjacent to an activating group) is 1. The summed E-state index contributed by atoms with van der Waals surface area (Å²) in [6.45, 7) is 18.9. The first-order valence-electron chi connectivity index (χ1n) is 38.1. The van der Waals surface area contributed by atoms with Gasteiger partial charge in [-0.2, -0.15) is 5.48 Å². The number of anilines is 1. The van der Waals surface area contributed by atoms with E-state index in [9.17, 15) is 59.1 Å². The predicted octanol–water partition coefficient (Wildman–Crippen LogP) is 4.99. The quantitative estimate of drug-likeness (QED) is 0.0110. The summed E-state index contributed by atoms with van der Waals surface area (Å²) < 4.78 is 79.8. The molecule has 1 aliphatic carbocycles. The van der Waals surface area contributed by atoms with Crippen LogP contribution in [-0.4, -0.2) is 271 Å². The topological polar surface area (TPSA) is 465 Å². The van der Waals surface area contributed by atoms with E-state index in [4.69, 9.17) is 77.9 Å². The summed E-state index contributed by atoms with van der Waals surface area (Å²) in [5.74, 6) is 8.91. The molecule has 0 radical (unpaired) electrons. The van der Waals surface area contributed by atoms with E-state index in [0.29, 0.717) is 38.1 Å². The summed E-state index contributed by atoms with van der Waals surface area (Å²) in [6.07, 6.45) is -15.9. The van der Waals surface area contributed by atoms with Crippen molar-refractivity contribution in [3.05, 3.63) is 68.3 Å². The molecule has 38 heteroatoms.